The van der Waals surface area contributed by atoms with Crippen molar-refractivity contribution in [1.82, 2.24) is 20.6 Å². The van der Waals surface area contributed by atoms with E-state index in [2.05, 4.69) is 43.2 Å². The standard InChI is InChI=1S/C12H15IN4O4/c1-14-10(18)3-2-4-15-12(19)21-6-5-20-11-16-7-9(13)8-17-11/h2-3,7-8H,4-6H2,1H3,(H,14,18)(H,15,19)/b3-2+. The zero-order chi connectivity index (χ0) is 15.5. The van der Waals surface area contributed by atoms with E-state index >= 15 is 0 Å². The largest absolute Gasteiger partial charge is 0.460 e. The van der Waals surface area contributed by atoms with Crippen LogP contribution in [0, 0.1) is 3.57 Å². The summed E-state index contributed by atoms with van der Waals surface area (Å²) in [5.41, 5.74) is 0. The van der Waals surface area contributed by atoms with Gasteiger partial charge in [-0.3, -0.25) is 4.79 Å². The Morgan fingerprint density at radius 3 is 2.71 bits per heavy atom. The molecule has 21 heavy (non-hydrogen) atoms. The molecule has 0 saturated carbocycles. The van der Waals surface area contributed by atoms with Gasteiger partial charge in [0.2, 0.25) is 5.91 Å². The smallest absolute Gasteiger partial charge is 0.407 e. The summed E-state index contributed by atoms with van der Waals surface area (Å²) in [5.74, 6) is -0.240. The molecule has 9 heteroatoms. The Morgan fingerprint density at radius 1 is 1.33 bits per heavy atom. The average molecular weight is 406 g/mol. The summed E-state index contributed by atoms with van der Waals surface area (Å²) in [4.78, 5) is 30.0. The molecule has 0 bridgehead atoms. The highest BCUT2D eigenvalue weighted by Gasteiger charge is 2.01. The second kappa shape index (κ2) is 9.91. The number of amides is 2. The molecule has 0 spiro atoms. The third kappa shape index (κ3) is 8.07. The Labute approximate surface area is 135 Å². The maximum Gasteiger partial charge on any atom is 0.407 e. The quantitative estimate of drug-likeness (QED) is 0.388. The lowest BCUT2D eigenvalue weighted by atomic mass is 10.4. The van der Waals surface area contributed by atoms with Crippen LogP contribution in [0.15, 0.2) is 24.5 Å². The van der Waals surface area contributed by atoms with Gasteiger partial charge in [0.1, 0.15) is 13.2 Å². The van der Waals surface area contributed by atoms with Crippen molar-refractivity contribution in [3.8, 4) is 6.01 Å². The molecule has 114 valence electrons. The molecule has 0 radical (unpaired) electrons. The van der Waals surface area contributed by atoms with Crippen molar-refractivity contribution in [3.05, 3.63) is 28.1 Å². The number of halogens is 1. The van der Waals surface area contributed by atoms with Crippen molar-refractivity contribution in [1.29, 1.82) is 0 Å². The number of hydrogen-bond acceptors (Lipinski definition) is 6. The van der Waals surface area contributed by atoms with Crippen LogP contribution in [-0.2, 0) is 9.53 Å². The van der Waals surface area contributed by atoms with Crippen LogP contribution in [0.25, 0.3) is 0 Å². The van der Waals surface area contributed by atoms with Gasteiger partial charge < -0.3 is 20.1 Å². The van der Waals surface area contributed by atoms with Crippen LogP contribution in [-0.4, -0.2) is 48.8 Å². The van der Waals surface area contributed by atoms with Crippen LogP contribution < -0.4 is 15.4 Å². The van der Waals surface area contributed by atoms with E-state index in [0.717, 1.165) is 3.57 Å². The Balaban J connectivity index is 2.09. The van der Waals surface area contributed by atoms with E-state index in [-0.39, 0.29) is 31.7 Å². The SMILES string of the molecule is CNC(=O)/C=C/CNC(=O)OCCOc1ncc(I)cn1. The lowest BCUT2D eigenvalue weighted by Gasteiger charge is -2.06. The molecule has 0 saturated heterocycles. The molecule has 2 N–H and O–H groups in total. The van der Waals surface area contributed by atoms with Crippen LogP contribution in [0.3, 0.4) is 0 Å². The van der Waals surface area contributed by atoms with Crippen LogP contribution in [0.4, 0.5) is 4.79 Å². The molecule has 0 aliphatic carbocycles. The van der Waals surface area contributed by atoms with Gasteiger partial charge >= 0.3 is 12.1 Å². The van der Waals surface area contributed by atoms with Gasteiger partial charge in [0.25, 0.3) is 0 Å². The van der Waals surface area contributed by atoms with Crippen molar-refractivity contribution in [2.45, 2.75) is 0 Å². The Morgan fingerprint density at radius 2 is 2.05 bits per heavy atom. The molecule has 0 unspecified atom stereocenters. The maximum atomic E-state index is 11.3. The first kappa shape index (κ1) is 17.1. The molecule has 1 heterocycles. The number of carbonyl (C=O) groups excluding carboxylic acids is 2. The van der Waals surface area contributed by atoms with Crippen LogP contribution in [0.5, 0.6) is 6.01 Å². The number of hydrogen-bond donors (Lipinski definition) is 2. The first-order valence-electron chi connectivity index (χ1n) is 6.01. The zero-order valence-corrected chi connectivity index (χ0v) is 13.5. The van der Waals surface area contributed by atoms with Crippen LogP contribution >= 0.6 is 22.6 Å². The van der Waals surface area contributed by atoms with E-state index in [1.807, 2.05) is 0 Å². The number of aromatic nitrogens is 2. The van der Waals surface area contributed by atoms with Gasteiger partial charge in [-0.2, -0.15) is 0 Å². The fraction of sp³-hybridized carbons (Fsp3) is 0.333. The second-order valence-corrected chi connectivity index (χ2v) is 4.81. The normalized spacial score (nSPS) is 10.2. The number of nitrogens with one attached hydrogen (secondary N) is 2. The highest BCUT2D eigenvalue weighted by Crippen LogP contribution is 2.04. The first-order valence-corrected chi connectivity index (χ1v) is 7.09. The first-order chi connectivity index (χ1) is 10.1. The molecule has 0 aliphatic heterocycles. The number of ether oxygens (including phenoxy) is 2. The van der Waals surface area contributed by atoms with Gasteiger partial charge in [-0.05, 0) is 22.6 Å². The van der Waals surface area contributed by atoms with Gasteiger partial charge in [-0.15, -0.1) is 0 Å². The fourth-order valence-corrected chi connectivity index (χ4v) is 1.36. The van der Waals surface area contributed by atoms with Crippen molar-refractivity contribution < 1.29 is 19.1 Å². The zero-order valence-electron chi connectivity index (χ0n) is 11.3. The third-order valence-corrected chi connectivity index (χ3v) is 2.58. The lowest BCUT2D eigenvalue weighted by molar-refractivity contribution is -0.116. The predicted molar refractivity (Wildman–Crippen MR) is 82.8 cm³/mol. The van der Waals surface area contributed by atoms with Crippen molar-refractivity contribution >= 4 is 34.6 Å². The minimum absolute atomic E-state index is 0.0698. The summed E-state index contributed by atoms with van der Waals surface area (Å²) in [6.07, 6.45) is 5.47. The number of likely N-dealkylation sites (N-methyl/N-ethyl adjacent to an activating group) is 1. The number of rotatable bonds is 7. The molecule has 1 rings (SSSR count). The van der Waals surface area contributed by atoms with Gasteiger partial charge in [-0.1, -0.05) is 6.08 Å². The number of nitrogens with zero attached hydrogens (tertiary/aromatic N) is 2. The molecular weight excluding hydrogens is 391 g/mol. The summed E-state index contributed by atoms with van der Waals surface area (Å²) in [6.45, 7) is 0.426. The van der Waals surface area contributed by atoms with Gasteiger partial charge in [-0.25, -0.2) is 14.8 Å². The minimum Gasteiger partial charge on any atom is -0.460 e. The third-order valence-electron chi connectivity index (χ3n) is 2.02. The van der Waals surface area contributed by atoms with E-state index in [4.69, 9.17) is 9.47 Å². The summed E-state index contributed by atoms with van der Waals surface area (Å²) in [7, 11) is 1.52. The number of carbonyl (C=O) groups is 2. The molecule has 8 nitrogen and oxygen atoms in total. The summed E-state index contributed by atoms with van der Waals surface area (Å²) < 4.78 is 10.9. The second-order valence-electron chi connectivity index (χ2n) is 3.57. The van der Waals surface area contributed by atoms with Gasteiger partial charge in [0.05, 0.1) is 0 Å². The highest BCUT2D eigenvalue weighted by molar-refractivity contribution is 14.1. The molecule has 0 aromatic carbocycles. The fourth-order valence-electron chi connectivity index (χ4n) is 1.08. The Hall–Kier alpha value is -1.91. The topological polar surface area (TPSA) is 102 Å². The van der Waals surface area contributed by atoms with Crippen LogP contribution in [0.2, 0.25) is 0 Å². The van der Waals surface area contributed by atoms with Crippen molar-refractivity contribution in [2.75, 3.05) is 26.8 Å². The monoisotopic (exact) mass is 406 g/mol. The Kier molecular flexibility index (Phi) is 8.09. The van der Waals surface area contributed by atoms with E-state index in [0.29, 0.717) is 0 Å². The highest BCUT2D eigenvalue weighted by atomic mass is 127. The summed E-state index contributed by atoms with van der Waals surface area (Å²) in [5, 5.41) is 4.87. The van der Waals surface area contributed by atoms with E-state index in [1.54, 1.807) is 12.4 Å². The maximum absolute atomic E-state index is 11.3. The van der Waals surface area contributed by atoms with Gasteiger partial charge in [0, 0.05) is 35.6 Å². The molecule has 0 aliphatic rings. The molecule has 2 amide bonds. The van der Waals surface area contributed by atoms with Crippen LogP contribution in [0.1, 0.15) is 0 Å². The van der Waals surface area contributed by atoms with Gasteiger partial charge in [0.15, 0.2) is 0 Å². The summed E-state index contributed by atoms with van der Waals surface area (Å²) >= 11 is 2.08. The molecule has 1 aromatic rings. The predicted octanol–water partition coefficient (Wildman–Crippen LogP) is 0.488. The molecule has 0 atom stereocenters. The lowest BCUT2D eigenvalue weighted by Crippen LogP contribution is -2.26. The number of alkyl carbamates (subject to hydrolysis) is 1. The van der Waals surface area contributed by atoms with E-state index in [1.165, 1.54) is 19.2 Å². The molecule has 0 fully saturated rings. The molecule has 1 aromatic heterocycles. The molecular formula is C12H15IN4O4. The van der Waals surface area contributed by atoms with Crippen molar-refractivity contribution in [2.24, 2.45) is 0 Å². The Bertz CT molecular complexity index is 493. The van der Waals surface area contributed by atoms with E-state index < -0.39 is 6.09 Å². The minimum atomic E-state index is -0.594. The average Bonchev–Trinajstić information content (AvgIpc) is 2.49. The van der Waals surface area contributed by atoms with E-state index in [9.17, 15) is 9.59 Å². The summed E-state index contributed by atoms with van der Waals surface area (Å²) in [6, 6.07) is 0.230. The van der Waals surface area contributed by atoms with Crippen molar-refractivity contribution in [3.63, 3.8) is 0 Å².